The van der Waals surface area contributed by atoms with Gasteiger partial charge in [0.1, 0.15) is 0 Å². The quantitative estimate of drug-likeness (QED) is 0.558. The summed E-state index contributed by atoms with van der Waals surface area (Å²) in [4.78, 5) is 17.6. The molecule has 0 saturated carbocycles. The molecule has 0 bridgehead atoms. The molecule has 2 fully saturated rings. The molecule has 33 heavy (non-hydrogen) atoms. The van der Waals surface area contributed by atoms with Gasteiger partial charge in [-0.15, -0.1) is 11.3 Å². The average Bonchev–Trinajstić information content (AvgIpc) is 3.50. The Morgan fingerprint density at radius 3 is 2.58 bits per heavy atom. The minimum Gasteiger partial charge on any atom is -0.377 e. The summed E-state index contributed by atoms with van der Waals surface area (Å²) in [7, 11) is -3.96. The van der Waals surface area contributed by atoms with Crippen LogP contribution in [0.4, 0.5) is 8.78 Å². The Morgan fingerprint density at radius 1 is 1.15 bits per heavy atom. The molecule has 0 radical (unpaired) electrons. The molecular weight excluding hydrogens is 472 g/mol. The van der Waals surface area contributed by atoms with E-state index in [1.54, 1.807) is 16.2 Å². The Morgan fingerprint density at radius 2 is 1.94 bits per heavy atom. The molecule has 2 aromatic rings. The molecule has 3 heterocycles. The van der Waals surface area contributed by atoms with Gasteiger partial charge in [-0.3, -0.25) is 9.69 Å². The van der Waals surface area contributed by atoms with Gasteiger partial charge in [0.05, 0.1) is 17.5 Å². The molecule has 0 aliphatic carbocycles. The minimum atomic E-state index is -3.96. The van der Waals surface area contributed by atoms with E-state index in [0.29, 0.717) is 19.2 Å². The topological polar surface area (TPSA) is 70.2 Å². The molecule has 2 saturated heterocycles. The van der Waals surface area contributed by atoms with Gasteiger partial charge in [0.25, 0.3) is 0 Å². The second-order valence-corrected chi connectivity index (χ2v) is 11.2. The number of ether oxygens (including phenoxy) is 1. The lowest BCUT2D eigenvalue weighted by atomic mass is 10.2. The molecule has 2 aliphatic rings. The van der Waals surface area contributed by atoms with Crippen LogP contribution in [0.5, 0.6) is 0 Å². The standard InChI is InChI=1S/C22H27F2N3O4S2/c23-20-6-5-19(13-21(20)24)33(29,30)27-9-7-26(8-10-27)22(28)16-25(14-17-3-1-11-31-17)15-18-4-2-12-32-18/h2,4-6,12-13,17H,1,3,7-11,14-16H2/t17-/m1/s1. The fourth-order valence-corrected chi connectivity index (χ4v) is 6.32. The lowest BCUT2D eigenvalue weighted by molar-refractivity contribution is -0.134. The number of carbonyl (C=O) groups is 1. The molecule has 1 atom stereocenters. The molecule has 180 valence electrons. The van der Waals surface area contributed by atoms with Gasteiger partial charge in [-0.2, -0.15) is 4.31 Å². The number of thiophene rings is 1. The van der Waals surface area contributed by atoms with Crippen LogP contribution in [0.25, 0.3) is 0 Å². The molecule has 4 rings (SSSR count). The Balaban J connectivity index is 1.35. The normalized spacial score (nSPS) is 20.0. The van der Waals surface area contributed by atoms with E-state index in [-0.39, 0.29) is 49.6 Å². The lowest BCUT2D eigenvalue weighted by Crippen LogP contribution is -2.52. The summed E-state index contributed by atoms with van der Waals surface area (Å²) in [6, 6.07) is 6.57. The Labute approximate surface area is 196 Å². The lowest BCUT2D eigenvalue weighted by Gasteiger charge is -2.35. The number of benzene rings is 1. The van der Waals surface area contributed by atoms with E-state index in [4.69, 9.17) is 4.74 Å². The van der Waals surface area contributed by atoms with E-state index < -0.39 is 21.7 Å². The molecule has 2 aliphatic heterocycles. The second-order valence-electron chi connectivity index (χ2n) is 8.24. The van der Waals surface area contributed by atoms with Crippen molar-refractivity contribution in [2.75, 3.05) is 45.9 Å². The third-order valence-electron chi connectivity index (χ3n) is 5.92. The number of amides is 1. The molecule has 0 spiro atoms. The van der Waals surface area contributed by atoms with E-state index in [1.807, 2.05) is 17.5 Å². The fourth-order valence-electron chi connectivity index (χ4n) is 4.14. The van der Waals surface area contributed by atoms with Crippen LogP contribution in [0.1, 0.15) is 17.7 Å². The zero-order valence-corrected chi connectivity index (χ0v) is 19.8. The smallest absolute Gasteiger partial charge is 0.243 e. The number of piperazine rings is 1. The van der Waals surface area contributed by atoms with E-state index in [2.05, 4.69) is 4.90 Å². The zero-order valence-electron chi connectivity index (χ0n) is 18.2. The Kier molecular flexibility index (Phi) is 7.75. The first-order valence-corrected chi connectivity index (χ1v) is 13.2. The average molecular weight is 500 g/mol. The van der Waals surface area contributed by atoms with Crippen LogP contribution in [-0.4, -0.2) is 80.4 Å². The predicted molar refractivity (Wildman–Crippen MR) is 120 cm³/mol. The number of halogens is 2. The number of hydrogen-bond donors (Lipinski definition) is 0. The zero-order chi connectivity index (χ0) is 23.4. The molecule has 7 nitrogen and oxygen atoms in total. The van der Waals surface area contributed by atoms with Crippen molar-refractivity contribution in [2.45, 2.75) is 30.4 Å². The highest BCUT2D eigenvalue weighted by Gasteiger charge is 2.31. The van der Waals surface area contributed by atoms with Crippen molar-refractivity contribution in [1.82, 2.24) is 14.1 Å². The second kappa shape index (κ2) is 10.6. The molecule has 1 aromatic heterocycles. The summed E-state index contributed by atoms with van der Waals surface area (Å²) in [5.41, 5.74) is 0. The molecule has 1 amide bonds. The number of sulfonamides is 1. The predicted octanol–water partition coefficient (Wildman–Crippen LogP) is 2.54. The van der Waals surface area contributed by atoms with Crippen molar-refractivity contribution in [3.8, 4) is 0 Å². The van der Waals surface area contributed by atoms with Crippen molar-refractivity contribution >= 4 is 27.3 Å². The van der Waals surface area contributed by atoms with Crippen LogP contribution in [0.15, 0.2) is 40.6 Å². The highest BCUT2D eigenvalue weighted by Crippen LogP contribution is 2.21. The SMILES string of the molecule is O=C(CN(Cc1cccs1)C[C@H]1CCCO1)N1CCN(S(=O)(=O)c2ccc(F)c(F)c2)CC1. The van der Waals surface area contributed by atoms with E-state index in [9.17, 15) is 22.0 Å². The van der Waals surface area contributed by atoms with Crippen LogP contribution in [-0.2, 0) is 26.1 Å². The molecule has 0 N–H and O–H groups in total. The minimum absolute atomic E-state index is 0.0607. The summed E-state index contributed by atoms with van der Waals surface area (Å²) in [6.45, 7) is 3.01. The van der Waals surface area contributed by atoms with E-state index >= 15 is 0 Å². The molecule has 0 unspecified atom stereocenters. The summed E-state index contributed by atoms with van der Waals surface area (Å²) in [5.74, 6) is -2.36. The maximum Gasteiger partial charge on any atom is 0.243 e. The van der Waals surface area contributed by atoms with Crippen molar-refractivity contribution in [2.24, 2.45) is 0 Å². The third kappa shape index (κ3) is 5.96. The number of nitrogens with zero attached hydrogens (tertiary/aromatic N) is 3. The maximum absolute atomic E-state index is 13.5. The summed E-state index contributed by atoms with van der Waals surface area (Å²) < 4.78 is 59.2. The van der Waals surface area contributed by atoms with Crippen LogP contribution >= 0.6 is 11.3 Å². The highest BCUT2D eigenvalue weighted by molar-refractivity contribution is 7.89. The van der Waals surface area contributed by atoms with Gasteiger partial charge in [0, 0.05) is 50.8 Å². The number of carbonyl (C=O) groups excluding carboxylic acids is 1. The van der Waals surface area contributed by atoms with Crippen LogP contribution in [0, 0.1) is 11.6 Å². The third-order valence-corrected chi connectivity index (χ3v) is 8.68. The largest absolute Gasteiger partial charge is 0.377 e. The van der Waals surface area contributed by atoms with E-state index in [0.717, 1.165) is 31.6 Å². The van der Waals surface area contributed by atoms with Gasteiger partial charge in [-0.05, 0) is 42.5 Å². The first-order valence-electron chi connectivity index (χ1n) is 10.9. The molecule has 1 aromatic carbocycles. The van der Waals surface area contributed by atoms with Gasteiger partial charge in [-0.25, -0.2) is 17.2 Å². The maximum atomic E-state index is 13.5. The number of rotatable bonds is 8. The van der Waals surface area contributed by atoms with Gasteiger partial charge >= 0.3 is 0 Å². The fraction of sp³-hybridized carbons (Fsp3) is 0.500. The van der Waals surface area contributed by atoms with Crippen molar-refractivity contribution in [3.05, 3.63) is 52.2 Å². The van der Waals surface area contributed by atoms with E-state index in [1.165, 1.54) is 9.18 Å². The Bertz CT molecular complexity index is 1050. The van der Waals surface area contributed by atoms with Crippen molar-refractivity contribution < 1.29 is 26.7 Å². The summed E-state index contributed by atoms with van der Waals surface area (Å²) in [5, 5.41) is 2.01. The first kappa shape index (κ1) is 24.2. The van der Waals surface area contributed by atoms with Crippen molar-refractivity contribution in [1.29, 1.82) is 0 Å². The summed E-state index contributed by atoms with van der Waals surface area (Å²) in [6.07, 6.45) is 2.13. The van der Waals surface area contributed by atoms with Crippen LogP contribution < -0.4 is 0 Å². The Hall–Kier alpha value is -1.92. The van der Waals surface area contributed by atoms with Gasteiger partial charge in [-0.1, -0.05) is 6.07 Å². The van der Waals surface area contributed by atoms with Crippen LogP contribution in [0.2, 0.25) is 0 Å². The molecular formula is C22H27F2N3O4S2. The first-order chi connectivity index (χ1) is 15.8. The van der Waals surface area contributed by atoms with Crippen LogP contribution in [0.3, 0.4) is 0 Å². The van der Waals surface area contributed by atoms with Gasteiger partial charge < -0.3 is 9.64 Å². The van der Waals surface area contributed by atoms with Gasteiger partial charge in [0.15, 0.2) is 11.6 Å². The van der Waals surface area contributed by atoms with Crippen molar-refractivity contribution in [3.63, 3.8) is 0 Å². The van der Waals surface area contributed by atoms with Gasteiger partial charge in [0.2, 0.25) is 15.9 Å². The summed E-state index contributed by atoms with van der Waals surface area (Å²) >= 11 is 1.64. The monoisotopic (exact) mass is 499 g/mol. The highest BCUT2D eigenvalue weighted by atomic mass is 32.2. The number of hydrogen-bond acceptors (Lipinski definition) is 6. The molecule has 11 heteroatoms.